The molecule has 1 atom stereocenters. The van der Waals surface area contributed by atoms with Crippen molar-refractivity contribution in [2.45, 2.75) is 102 Å². The summed E-state index contributed by atoms with van der Waals surface area (Å²) in [5.41, 5.74) is -1.81. The number of rotatable bonds is 8. The number of aryl methyl sites for hydroxylation is 1. The van der Waals surface area contributed by atoms with Crippen LogP contribution in [0.2, 0.25) is 0 Å². The summed E-state index contributed by atoms with van der Waals surface area (Å²) >= 11 is 0. The van der Waals surface area contributed by atoms with Crippen LogP contribution in [-0.4, -0.2) is 49.9 Å². The molecule has 12 heteroatoms. The maximum atomic E-state index is 14.6. The molecule has 6 rings (SSSR count). The van der Waals surface area contributed by atoms with Gasteiger partial charge in [-0.3, -0.25) is 9.69 Å². The Morgan fingerprint density at radius 2 is 1.83 bits per heavy atom. The smallest absolute Gasteiger partial charge is 0.416 e. The molecule has 0 radical (unpaired) electrons. The van der Waals surface area contributed by atoms with E-state index in [2.05, 4.69) is 10.2 Å². The van der Waals surface area contributed by atoms with Gasteiger partial charge in [0.2, 0.25) is 0 Å². The number of nitrogens with zero attached hydrogens (tertiary/aromatic N) is 5. The molecule has 2 fully saturated rings. The van der Waals surface area contributed by atoms with E-state index in [1.165, 1.54) is 15.9 Å². The molecule has 1 aliphatic heterocycles. The van der Waals surface area contributed by atoms with Gasteiger partial charge in [-0.1, -0.05) is 18.6 Å². The average Bonchev–Trinajstić information content (AvgIpc) is 3.53. The van der Waals surface area contributed by atoms with Gasteiger partial charge in [-0.05, 0) is 107 Å². The number of hydrogen-bond donors (Lipinski definition) is 0. The molecule has 1 unspecified atom stereocenters. The van der Waals surface area contributed by atoms with Gasteiger partial charge in [0.25, 0.3) is 5.91 Å². The number of fused-ring (bicyclic) bond motifs is 1. The molecule has 1 aromatic heterocycles. The molecule has 9 nitrogen and oxygen atoms in total. The van der Waals surface area contributed by atoms with Crippen molar-refractivity contribution in [1.82, 2.24) is 19.7 Å². The number of aromatic nitrogens is 3. The maximum absolute atomic E-state index is 14.6. The molecule has 0 N–H and O–H groups in total. The van der Waals surface area contributed by atoms with E-state index >= 15 is 0 Å². The average molecular weight is 654 g/mol. The Kier molecular flexibility index (Phi) is 8.17. The van der Waals surface area contributed by atoms with E-state index in [9.17, 15) is 22.8 Å². The number of methoxy groups -OCH3 is 1. The lowest BCUT2D eigenvalue weighted by Gasteiger charge is -2.47. The second-order valence-electron chi connectivity index (χ2n) is 14.4. The minimum atomic E-state index is -4.71. The first-order valence-corrected chi connectivity index (χ1v) is 16.1. The third kappa shape index (κ3) is 5.78. The normalized spacial score (nSPS) is 19.1. The van der Waals surface area contributed by atoms with E-state index < -0.39 is 40.5 Å². The lowest BCUT2D eigenvalue weighted by molar-refractivity contribution is -0.138. The number of ether oxygens (including phenoxy) is 2. The summed E-state index contributed by atoms with van der Waals surface area (Å²) in [6.45, 7) is 6.82. The fourth-order valence-corrected chi connectivity index (χ4v) is 7.22. The van der Waals surface area contributed by atoms with Crippen LogP contribution in [0.25, 0.3) is 0 Å². The summed E-state index contributed by atoms with van der Waals surface area (Å²) in [6, 6.07) is 9.81. The van der Waals surface area contributed by atoms with Crippen LogP contribution in [0.15, 0.2) is 42.7 Å². The second kappa shape index (κ2) is 11.6. The van der Waals surface area contributed by atoms with E-state index in [0.717, 1.165) is 37.3 Å². The van der Waals surface area contributed by atoms with Crippen molar-refractivity contribution in [3.8, 4) is 0 Å². The van der Waals surface area contributed by atoms with E-state index in [0.29, 0.717) is 24.4 Å². The van der Waals surface area contributed by atoms with Crippen LogP contribution in [0.5, 0.6) is 0 Å². The SMILES string of the molecule is COC(c1cccc(N2Cc3c(cc(CN(C(=O)OC(C)(C)C)C4(C)CCC4)cc3C(F)(F)F)C2=O)c1)(c1nncn1C)C1CCC1. The summed E-state index contributed by atoms with van der Waals surface area (Å²) < 4.78 is 57.6. The molecule has 2 aliphatic carbocycles. The molecule has 0 spiro atoms. The first kappa shape index (κ1) is 33.0. The number of carbonyl (C=O) groups excluding carboxylic acids is 2. The first-order chi connectivity index (χ1) is 22.1. The number of benzene rings is 2. The van der Waals surface area contributed by atoms with Gasteiger partial charge in [-0.15, -0.1) is 10.2 Å². The molecule has 47 heavy (non-hydrogen) atoms. The van der Waals surface area contributed by atoms with Crippen molar-refractivity contribution in [3.63, 3.8) is 0 Å². The summed E-state index contributed by atoms with van der Waals surface area (Å²) in [7, 11) is 3.47. The quantitative estimate of drug-likeness (QED) is 0.252. The second-order valence-corrected chi connectivity index (χ2v) is 14.4. The third-order valence-electron chi connectivity index (χ3n) is 10.1. The molecule has 0 bridgehead atoms. The monoisotopic (exact) mass is 653 g/mol. The van der Waals surface area contributed by atoms with Crippen LogP contribution in [0, 0.1) is 5.92 Å². The number of carbonyl (C=O) groups is 2. The Morgan fingerprint density at radius 1 is 1.11 bits per heavy atom. The zero-order valence-corrected chi connectivity index (χ0v) is 27.8. The summed E-state index contributed by atoms with van der Waals surface area (Å²) in [5, 5.41) is 8.47. The van der Waals surface area contributed by atoms with Crippen LogP contribution in [0.4, 0.5) is 23.7 Å². The van der Waals surface area contributed by atoms with Gasteiger partial charge < -0.3 is 18.9 Å². The Bertz CT molecular complexity index is 1690. The van der Waals surface area contributed by atoms with Crippen molar-refractivity contribution >= 4 is 17.7 Å². The molecule has 252 valence electrons. The summed E-state index contributed by atoms with van der Waals surface area (Å²) in [4.78, 5) is 30.2. The molecule has 3 aliphatic rings. The highest BCUT2D eigenvalue weighted by molar-refractivity contribution is 6.10. The number of amides is 2. The van der Waals surface area contributed by atoms with Gasteiger partial charge in [0, 0.05) is 37.5 Å². The highest BCUT2D eigenvalue weighted by Gasteiger charge is 2.49. The van der Waals surface area contributed by atoms with Gasteiger partial charge in [-0.25, -0.2) is 4.79 Å². The Hall–Kier alpha value is -3.93. The zero-order chi connectivity index (χ0) is 33.9. The highest BCUT2D eigenvalue weighted by atomic mass is 19.4. The number of hydrogen-bond acceptors (Lipinski definition) is 6. The molecule has 2 aromatic carbocycles. The van der Waals surface area contributed by atoms with E-state index in [1.807, 2.05) is 30.7 Å². The van der Waals surface area contributed by atoms with Crippen LogP contribution >= 0.6 is 0 Å². The van der Waals surface area contributed by atoms with Crippen LogP contribution < -0.4 is 4.90 Å². The van der Waals surface area contributed by atoms with Gasteiger partial charge in [0.15, 0.2) is 11.4 Å². The summed E-state index contributed by atoms with van der Waals surface area (Å²) in [6.07, 6.45) is 1.51. The fraction of sp³-hybridized carbons (Fsp3) is 0.543. The van der Waals surface area contributed by atoms with Crippen LogP contribution in [0.1, 0.15) is 105 Å². The lowest BCUT2D eigenvalue weighted by atomic mass is 9.69. The number of halogens is 3. The van der Waals surface area contributed by atoms with Crippen molar-refractivity contribution < 1.29 is 32.2 Å². The van der Waals surface area contributed by atoms with Crippen LogP contribution in [-0.2, 0) is 41.4 Å². The third-order valence-corrected chi connectivity index (χ3v) is 10.1. The molecule has 2 heterocycles. The molecule has 3 aromatic rings. The molecule has 2 amide bonds. The predicted octanol–water partition coefficient (Wildman–Crippen LogP) is 7.36. The molecular formula is C35H42F3N5O4. The van der Waals surface area contributed by atoms with Crippen molar-refractivity contribution in [2.75, 3.05) is 12.0 Å². The Labute approximate surface area is 273 Å². The van der Waals surface area contributed by atoms with Gasteiger partial charge in [0.1, 0.15) is 11.9 Å². The topological polar surface area (TPSA) is 89.8 Å². The van der Waals surface area contributed by atoms with Crippen LogP contribution in [0.3, 0.4) is 0 Å². The minimum Gasteiger partial charge on any atom is -0.444 e. The number of alkyl halides is 3. The van der Waals surface area contributed by atoms with E-state index in [4.69, 9.17) is 9.47 Å². The van der Waals surface area contributed by atoms with E-state index in [1.54, 1.807) is 46.3 Å². The van der Waals surface area contributed by atoms with E-state index in [-0.39, 0.29) is 35.7 Å². The standard InChI is InChI=1S/C35H42F3N5O4/c1-32(2,3)47-31(45)43(33(4)14-9-15-33)19-22-16-26-27(28(17-22)35(36,37)38)20-42(29(26)44)25-13-8-12-24(18-25)34(46-6,23-10-7-11-23)30-40-39-21-41(30)5/h8,12-13,16-18,21,23H,7,9-11,14-15,19-20H2,1-6H3. The van der Waals surface area contributed by atoms with Gasteiger partial charge in [0.05, 0.1) is 12.1 Å². The Balaban J connectivity index is 1.38. The Morgan fingerprint density at radius 3 is 2.36 bits per heavy atom. The van der Waals surface area contributed by atoms with Crippen molar-refractivity contribution in [2.24, 2.45) is 13.0 Å². The predicted molar refractivity (Wildman–Crippen MR) is 169 cm³/mol. The highest BCUT2D eigenvalue weighted by Crippen LogP contribution is 2.49. The van der Waals surface area contributed by atoms with Crippen molar-refractivity contribution in [3.05, 3.63) is 76.4 Å². The molecule has 2 saturated carbocycles. The largest absolute Gasteiger partial charge is 0.444 e. The molecule has 0 saturated heterocycles. The summed E-state index contributed by atoms with van der Waals surface area (Å²) in [5.74, 6) is 0.201. The van der Waals surface area contributed by atoms with Gasteiger partial charge in [-0.2, -0.15) is 13.2 Å². The minimum absolute atomic E-state index is 0.0200. The fourth-order valence-electron chi connectivity index (χ4n) is 7.22. The van der Waals surface area contributed by atoms with Crippen molar-refractivity contribution in [1.29, 1.82) is 0 Å². The molecular weight excluding hydrogens is 611 g/mol. The lowest BCUT2D eigenvalue weighted by Crippen LogP contribution is -2.54. The number of anilines is 1. The first-order valence-electron chi connectivity index (χ1n) is 16.1. The van der Waals surface area contributed by atoms with Gasteiger partial charge >= 0.3 is 12.3 Å². The maximum Gasteiger partial charge on any atom is 0.416 e. The zero-order valence-electron chi connectivity index (χ0n) is 27.8.